The largest absolute Gasteiger partial charge is 0.370 e. The molecule has 0 spiro atoms. The number of benzene rings is 1. The van der Waals surface area contributed by atoms with Gasteiger partial charge in [-0.25, -0.2) is 14.4 Å². The lowest BCUT2D eigenvalue weighted by Gasteiger charge is -2.06. The lowest BCUT2D eigenvalue weighted by Crippen LogP contribution is -2.09. The van der Waals surface area contributed by atoms with Crippen molar-refractivity contribution in [2.45, 2.75) is 13.0 Å². The Balaban J connectivity index is 1.86. The molecule has 2 aromatic rings. The molecule has 5 heteroatoms. The van der Waals surface area contributed by atoms with E-state index >= 15 is 0 Å². The molecule has 94 valence electrons. The average molecular weight is 246 g/mol. The van der Waals surface area contributed by atoms with E-state index in [1.165, 1.54) is 12.1 Å². The lowest BCUT2D eigenvalue weighted by molar-refractivity contribution is 0.627. The summed E-state index contributed by atoms with van der Waals surface area (Å²) in [6.45, 7) is 1.06. The highest BCUT2D eigenvalue weighted by molar-refractivity contribution is 5.33. The van der Waals surface area contributed by atoms with Gasteiger partial charge in [0.05, 0.1) is 6.54 Å². The van der Waals surface area contributed by atoms with E-state index < -0.39 is 0 Å². The highest BCUT2D eigenvalue weighted by Crippen LogP contribution is 2.05. The quantitative estimate of drug-likeness (QED) is 0.843. The molecular weight excluding hydrogens is 231 g/mol. The fraction of sp³-hybridized carbons (Fsp3) is 0.231. The summed E-state index contributed by atoms with van der Waals surface area (Å²) in [5.74, 6) is 1.16. The van der Waals surface area contributed by atoms with Crippen LogP contribution < -0.4 is 11.1 Å². The zero-order valence-electron chi connectivity index (χ0n) is 9.94. The van der Waals surface area contributed by atoms with Crippen molar-refractivity contribution < 1.29 is 4.39 Å². The summed E-state index contributed by atoms with van der Waals surface area (Å²) in [6, 6.07) is 8.29. The maximum absolute atomic E-state index is 12.7. The smallest absolute Gasteiger partial charge is 0.144 e. The van der Waals surface area contributed by atoms with Crippen molar-refractivity contribution in [3.8, 4) is 0 Å². The van der Waals surface area contributed by atoms with Crippen molar-refractivity contribution in [2.75, 3.05) is 11.9 Å². The van der Waals surface area contributed by atoms with Gasteiger partial charge in [-0.15, -0.1) is 0 Å². The van der Waals surface area contributed by atoms with E-state index in [0.717, 1.165) is 24.3 Å². The van der Waals surface area contributed by atoms with E-state index in [1.807, 2.05) is 0 Å². The second-order valence-corrected chi connectivity index (χ2v) is 3.87. The SMILES string of the molecule is NCc1nccc(NCCc2ccc(F)cc2)n1. The predicted molar refractivity (Wildman–Crippen MR) is 68.5 cm³/mol. The van der Waals surface area contributed by atoms with Crippen LogP contribution >= 0.6 is 0 Å². The van der Waals surface area contributed by atoms with Crippen molar-refractivity contribution in [1.82, 2.24) is 9.97 Å². The number of aromatic nitrogens is 2. The first-order valence-corrected chi connectivity index (χ1v) is 5.78. The molecule has 0 atom stereocenters. The molecule has 0 radical (unpaired) electrons. The van der Waals surface area contributed by atoms with Crippen LogP contribution in [0.2, 0.25) is 0 Å². The van der Waals surface area contributed by atoms with Gasteiger partial charge < -0.3 is 11.1 Å². The molecule has 2 rings (SSSR count). The molecule has 0 unspecified atom stereocenters. The number of hydrogen-bond acceptors (Lipinski definition) is 4. The molecule has 4 nitrogen and oxygen atoms in total. The first-order chi connectivity index (χ1) is 8.78. The standard InChI is InChI=1S/C13H15FN4/c14-11-3-1-10(2-4-11)5-7-16-12-6-8-17-13(9-15)18-12/h1-4,6,8H,5,7,9,15H2,(H,16,17,18). The van der Waals surface area contributed by atoms with Gasteiger partial charge >= 0.3 is 0 Å². The van der Waals surface area contributed by atoms with Crippen LogP contribution in [0.3, 0.4) is 0 Å². The zero-order valence-corrected chi connectivity index (χ0v) is 9.94. The van der Waals surface area contributed by atoms with E-state index in [1.54, 1.807) is 24.4 Å². The first-order valence-electron chi connectivity index (χ1n) is 5.78. The molecule has 0 aliphatic rings. The number of hydrogen-bond donors (Lipinski definition) is 2. The van der Waals surface area contributed by atoms with Gasteiger partial charge in [-0.1, -0.05) is 12.1 Å². The van der Waals surface area contributed by atoms with Gasteiger partial charge in [0.15, 0.2) is 0 Å². The predicted octanol–water partition coefficient (Wildman–Crippen LogP) is 1.73. The Labute approximate surface area is 105 Å². The van der Waals surface area contributed by atoms with Gasteiger partial charge in [-0.05, 0) is 30.2 Å². The summed E-state index contributed by atoms with van der Waals surface area (Å²) in [5.41, 5.74) is 6.54. The Morgan fingerprint density at radius 2 is 1.94 bits per heavy atom. The van der Waals surface area contributed by atoms with Crippen LogP contribution in [0.25, 0.3) is 0 Å². The highest BCUT2D eigenvalue weighted by Gasteiger charge is 1.98. The monoisotopic (exact) mass is 246 g/mol. The van der Waals surface area contributed by atoms with Crippen LogP contribution in [-0.4, -0.2) is 16.5 Å². The van der Waals surface area contributed by atoms with E-state index in [9.17, 15) is 4.39 Å². The number of nitrogens with two attached hydrogens (primary N) is 1. The molecule has 0 saturated heterocycles. The Kier molecular flexibility index (Phi) is 4.20. The van der Waals surface area contributed by atoms with Crippen molar-refractivity contribution in [3.05, 3.63) is 53.7 Å². The fourth-order valence-corrected chi connectivity index (χ4v) is 1.58. The molecule has 0 bridgehead atoms. The third-order valence-electron chi connectivity index (χ3n) is 2.52. The molecular formula is C13H15FN4. The zero-order chi connectivity index (χ0) is 12.8. The number of halogens is 1. The third-order valence-corrected chi connectivity index (χ3v) is 2.52. The van der Waals surface area contributed by atoms with Gasteiger partial charge in [-0.2, -0.15) is 0 Å². The molecule has 0 amide bonds. The van der Waals surface area contributed by atoms with Gasteiger partial charge in [0.25, 0.3) is 0 Å². The number of rotatable bonds is 5. The Morgan fingerprint density at radius 3 is 2.67 bits per heavy atom. The van der Waals surface area contributed by atoms with Gasteiger partial charge in [-0.3, -0.25) is 0 Å². The maximum Gasteiger partial charge on any atom is 0.144 e. The van der Waals surface area contributed by atoms with Crippen LogP contribution in [0.1, 0.15) is 11.4 Å². The fourth-order valence-electron chi connectivity index (χ4n) is 1.58. The molecule has 1 aromatic carbocycles. The minimum Gasteiger partial charge on any atom is -0.370 e. The third kappa shape index (κ3) is 3.49. The topological polar surface area (TPSA) is 63.8 Å². The second-order valence-electron chi connectivity index (χ2n) is 3.87. The second kappa shape index (κ2) is 6.07. The first kappa shape index (κ1) is 12.4. The minimum absolute atomic E-state index is 0.213. The molecule has 18 heavy (non-hydrogen) atoms. The van der Waals surface area contributed by atoms with Gasteiger partial charge in [0.2, 0.25) is 0 Å². The molecule has 0 aliphatic carbocycles. The summed E-state index contributed by atoms with van der Waals surface area (Å²) < 4.78 is 12.7. The Morgan fingerprint density at radius 1 is 1.17 bits per heavy atom. The normalized spacial score (nSPS) is 10.3. The summed E-state index contributed by atoms with van der Waals surface area (Å²) in [4.78, 5) is 8.25. The van der Waals surface area contributed by atoms with E-state index in [0.29, 0.717) is 12.4 Å². The van der Waals surface area contributed by atoms with E-state index in [-0.39, 0.29) is 5.82 Å². The van der Waals surface area contributed by atoms with Crippen LogP contribution in [0.4, 0.5) is 10.2 Å². The molecule has 3 N–H and O–H groups in total. The number of anilines is 1. The van der Waals surface area contributed by atoms with Crippen LogP contribution in [0.5, 0.6) is 0 Å². The average Bonchev–Trinajstić information content (AvgIpc) is 2.41. The summed E-state index contributed by atoms with van der Waals surface area (Å²) in [5, 5.41) is 3.18. The summed E-state index contributed by atoms with van der Waals surface area (Å²) >= 11 is 0. The van der Waals surface area contributed by atoms with E-state index in [2.05, 4.69) is 15.3 Å². The molecule has 0 fully saturated rings. The van der Waals surface area contributed by atoms with Crippen molar-refractivity contribution >= 4 is 5.82 Å². The Hall–Kier alpha value is -2.01. The highest BCUT2D eigenvalue weighted by atomic mass is 19.1. The summed E-state index contributed by atoms with van der Waals surface area (Å²) in [6.07, 6.45) is 2.48. The summed E-state index contributed by atoms with van der Waals surface area (Å²) in [7, 11) is 0. The minimum atomic E-state index is -0.213. The number of nitrogens with one attached hydrogen (secondary N) is 1. The van der Waals surface area contributed by atoms with Gasteiger partial charge in [0.1, 0.15) is 17.5 Å². The van der Waals surface area contributed by atoms with Crippen LogP contribution in [0.15, 0.2) is 36.5 Å². The van der Waals surface area contributed by atoms with Crippen molar-refractivity contribution in [2.24, 2.45) is 5.73 Å². The Bertz CT molecular complexity index is 499. The lowest BCUT2D eigenvalue weighted by atomic mass is 10.1. The van der Waals surface area contributed by atoms with Crippen LogP contribution in [-0.2, 0) is 13.0 Å². The van der Waals surface area contributed by atoms with E-state index in [4.69, 9.17) is 5.73 Å². The molecule has 0 aliphatic heterocycles. The molecule has 1 heterocycles. The molecule has 0 saturated carbocycles. The van der Waals surface area contributed by atoms with Crippen molar-refractivity contribution in [1.29, 1.82) is 0 Å². The van der Waals surface area contributed by atoms with Gasteiger partial charge in [0, 0.05) is 12.7 Å². The van der Waals surface area contributed by atoms with Crippen molar-refractivity contribution in [3.63, 3.8) is 0 Å². The van der Waals surface area contributed by atoms with Crippen LogP contribution in [0, 0.1) is 5.82 Å². The molecule has 1 aromatic heterocycles. The maximum atomic E-state index is 12.7. The number of nitrogens with zero attached hydrogens (tertiary/aromatic N) is 2.